The highest BCUT2D eigenvalue weighted by Crippen LogP contribution is 2.29. The van der Waals surface area contributed by atoms with Gasteiger partial charge in [0.15, 0.2) is 0 Å². The van der Waals surface area contributed by atoms with Crippen LogP contribution in [0.4, 0.5) is 11.4 Å². The molecule has 2 nitrogen and oxygen atoms in total. The highest BCUT2D eigenvalue weighted by Gasteiger charge is 2.17. The Kier molecular flexibility index (Phi) is 2.44. The molecule has 1 aromatic rings. The quantitative estimate of drug-likeness (QED) is 0.696. The van der Waals surface area contributed by atoms with Crippen LogP contribution in [0.15, 0.2) is 35.9 Å². The van der Waals surface area contributed by atoms with Crippen molar-refractivity contribution < 1.29 is 0 Å². The Labute approximate surface area is 85.0 Å². The van der Waals surface area contributed by atoms with E-state index in [9.17, 15) is 0 Å². The lowest BCUT2D eigenvalue weighted by atomic mass is 10.2. The lowest BCUT2D eigenvalue weighted by molar-refractivity contribution is 0.819. The molecule has 0 unspecified atom stereocenters. The lowest BCUT2D eigenvalue weighted by Crippen LogP contribution is -2.21. The third-order valence-corrected chi connectivity index (χ3v) is 2.61. The van der Waals surface area contributed by atoms with Crippen LogP contribution in [0.25, 0.3) is 0 Å². The van der Waals surface area contributed by atoms with E-state index in [0.717, 1.165) is 6.42 Å². The molecule has 0 radical (unpaired) electrons. The van der Waals surface area contributed by atoms with Crippen molar-refractivity contribution in [3.8, 4) is 0 Å². The summed E-state index contributed by atoms with van der Waals surface area (Å²) in [6.45, 7) is 4.24. The van der Waals surface area contributed by atoms with Crippen molar-refractivity contribution in [3.63, 3.8) is 0 Å². The Morgan fingerprint density at radius 2 is 1.86 bits per heavy atom. The van der Waals surface area contributed by atoms with E-state index in [-0.39, 0.29) is 0 Å². The van der Waals surface area contributed by atoms with Crippen LogP contribution in [0.1, 0.15) is 20.3 Å². The number of nitrogens with one attached hydrogen (secondary N) is 2. The lowest BCUT2D eigenvalue weighted by Gasteiger charge is -2.12. The first-order valence-corrected chi connectivity index (χ1v) is 5.03. The minimum atomic E-state index is 0.351. The molecule has 0 saturated heterocycles. The number of para-hydroxylation sites is 2. The summed E-state index contributed by atoms with van der Waals surface area (Å²) in [7, 11) is 0. The van der Waals surface area contributed by atoms with Gasteiger partial charge in [-0.05, 0) is 26.0 Å². The molecule has 2 rings (SSSR count). The van der Waals surface area contributed by atoms with Crippen LogP contribution >= 0.6 is 0 Å². The Balaban J connectivity index is 2.05. The molecule has 0 amide bonds. The van der Waals surface area contributed by atoms with E-state index in [0.29, 0.717) is 6.17 Å². The minimum absolute atomic E-state index is 0.351. The molecule has 0 saturated carbocycles. The molecule has 0 aromatic heterocycles. The summed E-state index contributed by atoms with van der Waals surface area (Å²) in [4.78, 5) is 0. The van der Waals surface area contributed by atoms with Gasteiger partial charge >= 0.3 is 0 Å². The molecule has 0 aliphatic carbocycles. The molecule has 0 fully saturated rings. The summed E-state index contributed by atoms with van der Waals surface area (Å²) < 4.78 is 0. The summed E-state index contributed by atoms with van der Waals surface area (Å²) in [5.41, 5.74) is 3.82. The number of hydrogen-bond donors (Lipinski definition) is 2. The zero-order chi connectivity index (χ0) is 9.97. The van der Waals surface area contributed by atoms with Crippen molar-refractivity contribution in [1.29, 1.82) is 0 Å². The van der Waals surface area contributed by atoms with Gasteiger partial charge in [0.05, 0.1) is 11.4 Å². The van der Waals surface area contributed by atoms with E-state index < -0.39 is 0 Å². The van der Waals surface area contributed by atoms with Gasteiger partial charge in [-0.3, -0.25) is 0 Å². The van der Waals surface area contributed by atoms with Crippen molar-refractivity contribution in [2.24, 2.45) is 0 Å². The van der Waals surface area contributed by atoms with Crippen molar-refractivity contribution in [3.05, 3.63) is 35.9 Å². The van der Waals surface area contributed by atoms with Gasteiger partial charge in [-0.15, -0.1) is 0 Å². The van der Waals surface area contributed by atoms with Crippen LogP contribution in [0.2, 0.25) is 0 Å². The Morgan fingerprint density at radius 3 is 2.36 bits per heavy atom. The smallest absolute Gasteiger partial charge is 0.100 e. The first-order chi connectivity index (χ1) is 6.79. The molecule has 1 heterocycles. The molecule has 2 N–H and O–H groups in total. The molecule has 1 aromatic carbocycles. The topological polar surface area (TPSA) is 24.1 Å². The third-order valence-electron chi connectivity index (χ3n) is 2.61. The van der Waals surface area contributed by atoms with Gasteiger partial charge in [0.25, 0.3) is 0 Å². The van der Waals surface area contributed by atoms with Gasteiger partial charge in [-0.25, -0.2) is 0 Å². The summed E-state index contributed by atoms with van der Waals surface area (Å²) in [5.74, 6) is 0. The van der Waals surface area contributed by atoms with E-state index in [1.54, 1.807) is 0 Å². The van der Waals surface area contributed by atoms with E-state index in [4.69, 9.17) is 0 Å². The second-order valence-corrected chi connectivity index (χ2v) is 3.73. The van der Waals surface area contributed by atoms with Crippen molar-refractivity contribution >= 4 is 11.4 Å². The molecule has 2 heteroatoms. The first kappa shape index (κ1) is 9.13. The molecular weight excluding hydrogens is 172 g/mol. The minimum Gasteiger partial charge on any atom is -0.363 e. The summed E-state index contributed by atoms with van der Waals surface area (Å²) in [6, 6.07) is 8.32. The second kappa shape index (κ2) is 3.74. The van der Waals surface area contributed by atoms with Gasteiger partial charge < -0.3 is 10.6 Å². The standard InChI is InChI=1S/C12H16N2/c1-3-9(2)8-12-13-10-6-4-5-7-11(10)14-12/h3-7,12-14H,8H2,1-2H3. The van der Waals surface area contributed by atoms with Gasteiger partial charge in [0, 0.05) is 6.42 Å². The molecule has 74 valence electrons. The Morgan fingerprint density at radius 1 is 1.29 bits per heavy atom. The van der Waals surface area contributed by atoms with E-state index in [1.165, 1.54) is 16.9 Å². The number of anilines is 2. The van der Waals surface area contributed by atoms with Gasteiger partial charge in [0.2, 0.25) is 0 Å². The highest BCUT2D eigenvalue weighted by molar-refractivity contribution is 5.74. The van der Waals surface area contributed by atoms with E-state index in [2.05, 4.69) is 54.8 Å². The normalized spacial score (nSPS) is 16.0. The molecular formula is C12H16N2. The average molecular weight is 188 g/mol. The fourth-order valence-corrected chi connectivity index (χ4v) is 1.69. The van der Waals surface area contributed by atoms with Crippen LogP contribution in [0, 0.1) is 0 Å². The monoisotopic (exact) mass is 188 g/mol. The number of fused-ring (bicyclic) bond motifs is 1. The molecule has 1 aliphatic heterocycles. The van der Waals surface area contributed by atoms with Crippen LogP contribution in [0.3, 0.4) is 0 Å². The van der Waals surface area contributed by atoms with Gasteiger partial charge in [-0.1, -0.05) is 23.8 Å². The summed E-state index contributed by atoms with van der Waals surface area (Å²) in [5, 5.41) is 6.90. The molecule has 14 heavy (non-hydrogen) atoms. The number of benzene rings is 1. The molecule has 0 bridgehead atoms. The second-order valence-electron chi connectivity index (χ2n) is 3.73. The van der Waals surface area contributed by atoms with Gasteiger partial charge in [-0.2, -0.15) is 0 Å². The summed E-state index contributed by atoms with van der Waals surface area (Å²) in [6.07, 6.45) is 3.56. The zero-order valence-corrected chi connectivity index (χ0v) is 8.67. The van der Waals surface area contributed by atoms with Crippen LogP contribution in [0.5, 0.6) is 0 Å². The largest absolute Gasteiger partial charge is 0.363 e. The maximum absolute atomic E-state index is 3.45. The zero-order valence-electron chi connectivity index (χ0n) is 8.67. The fraction of sp³-hybridized carbons (Fsp3) is 0.333. The Hall–Kier alpha value is -1.44. The number of hydrogen-bond acceptors (Lipinski definition) is 2. The molecule has 0 atom stereocenters. The van der Waals surface area contributed by atoms with Gasteiger partial charge in [0.1, 0.15) is 6.17 Å². The van der Waals surface area contributed by atoms with E-state index in [1.807, 2.05) is 0 Å². The van der Waals surface area contributed by atoms with Crippen LogP contribution in [-0.4, -0.2) is 6.17 Å². The summed E-state index contributed by atoms with van der Waals surface area (Å²) >= 11 is 0. The molecule has 1 aliphatic rings. The maximum atomic E-state index is 3.45. The maximum Gasteiger partial charge on any atom is 0.100 e. The predicted molar refractivity (Wildman–Crippen MR) is 61.5 cm³/mol. The number of allylic oxidation sites excluding steroid dienone is 1. The van der Waals surface area contributed by atoms with Crippen molar-refractivity contribution in [1.82, 2.24) is 0 Å². The highest BCUT2D eigenvalue weighted by atomic mass is 15.2. The van der Waals surface area contributed by atoms with Crippen LogP contribution < -0.4 is 10.6 Å². The third kappa shape index (κ3) is 1.74. The predicted octanol–water partition coefficient (Wildman–Crippen LogP) is 3.21. The Bertz CT molecular complexity index is 330. The number of rotatable bonds is 2. The SMILES string of the molecule is CC=C(C)CC1Nc2ccccc2N1. The van der Waals surface area contributed by atoms with E-state index >= 15 is 0 Å². The first-order valence-electron chi connectivity index (χ1n) is 5.03. The van der Waals surface area contributed by atoms with Crippen molar-refractivity contribution in [2.75, 3.05) is 10.6 Å². The average Bonchev–Trinajstić information content (AvgIpc) is 2.59. The fourth-order valence-electron chi connectivity index (χ4n) is 1.69. The van der Waals surface area contributed by atoms with Crippen molar-refractivity contribution in [2.45, 2.75) is 26.4 Å². The van der Waals surface area contributed by atoms with Crippen LogP contribution in [-0.2, 0) is 0 Å². The molecule has 0 spiro atoms.